The van der Waals surface area contributed by atoms with Crippen LogP contribution in [0.25, 0.3) is 0 Å². The molecule has 0 radical (unpaired) electrons. The van der Waals surface area contributed by atoms with Crippen molar-refractivity contribution in [2.24, 2.45) is 5.92 Å². The first-order valence-electron chi connectivity index (χ1n) is 8.03. The number of esters is 1. The first kappa shape index (κ1) is 19.3. The first-order valence-corrected chi connectivity index (χ1v) is 8.03. The molecule has 0 amide bonds. The van der Waals surface area contributed by atoms with Gasteiger partial charge in [-0.3, -0.25) is 14.3 Å². The van der Waals surface area contributed by atoms with E-state index in [2.05, 4.69) is 5.73 Å². The van der Waals surface area contributed by atoms with E-state index >= 15 is 0 Å². The largest absolute Gasteiger partial charge is 0.458 e. The first-order chi connectivity index (χ1) is 11.7. The molecule has 10 heteroatoms. The molecule has 1 saturated heterocycles. The smallest absolute Gasteiger partial charge is 0.364 e. The summed E-state index contributed by atoms with van der Waals surface area (Å²) in [6, 6.07) is 0.553. The Morgan fingerprint density at radius 3 is 2.68 bits per heavy atom. The molecule has 2 rings (SSSR count). The Morgan fingerprint density at radius 1 is 1.40 bits per heavy atom. The molecule has 1 aliphatic heterocycles. The summed E-state index contributed by atoms with van der Waals surface area (Å²) in [4.78, 5) is 36.8. The van der Waals surface area contributed by atoms with E-state index in [4.69, 9.17) is 9.47 Å². The van der Waals surface area contributed by atoms with Gasteiger partial charge < -0.3 is 25.4 Å². The molecule has 25 heavy (non-hydrogen) atoms. The van der Waals surface area contributed by atoms with E-state index in [0.717, 1.165) is 16.8 Å². The van der Waals surface area contributed by atoms with Crippen molar-refractivity contribution in [3.8, 4) is 0 Å². The van der Waals surface area contributed by atoms with Crippen molar-refractivity contribution in [1.82, 2.24) is 9.55 Å². The SMILES string of the molecule is CC(C)C[C@H]([NH3+])C(=O)OC[C@H]1O[C@@H](n2ccc(=O)[nH]c2=O)[C@H](O)[C@@H]1O. The number of nitrogens with one attached hydrogen (secondary N) is 1. The van der Waals surface area contributed by atoms with Gasteiger partial charge in [0, 0.05) is 18.7 Å². The number of ether oxygens (including phenoxy) is 2. The number of aromatic amines is 1. The van der Waals surface area contributed by atoms with E-state index in [1.165, 1.54) is 0 Å². The minimum Gasteiger partial charge on any atom is -0.458 e. The maximum Gasteiger partial charge on any atom is 0.364 e. The minimum absolute atomic E-state index is 0.279. The molecule has 140 valence electrons. The van der Waals surface area contributed by atoms with Crippen molar-refractivity contribution in [3.05, 3.63) is 33.1 Å². The summed E-state index contributed by atoms with van der Waals surface area (Å²) in [5.74, 6) is -0.245. The van der Waals surface area contributed by atoms with Crippen LogP contribution < -0.4 is 17.0 Å². The molecule has 0 aromatic carbocycles. The number of H-pyrrole nitrogens is 1. The van der Waals surface area contributed by atoms with Crippen LogP contribution in [0.4, 0.5) is 0 Å². The zero-order chi connectivity index (χ0) is 18.7. The van der Waals surface area contributed by atoms with Crippen LogP contribution in [0.3, 0.4) is 0 Å². The number of carbonyl (C=O) groups is 1. The van der Waals surface area contributed by atoms with E-state index in [1.807, 2.05) is 18.8 Å². The van der Waals surface area contributed by atoms with Gasteiger partial charge in [0.05, 0.1) is 0 Å². The number of aromatic nitrogens is 2. The molecule has 1 aromatic rings. The Balaban J connectivity index is 2.01. The average Bonchev–Trinajstić information content (AvgIpc) is 2.80. The van der Waals surface area contributed by atoms with Crippen molar-refractivity contribution < 1.29 is 30.2 Å². The molecule has 0 aliphatic carbocycles. The van der Waals surface area contributed by atoms with Gasteiger partial charge in [-0.2, -0.15) is 0 Å². The van der Waals surface area contributed by atoms with Crippen LogP contribution in [0.5, 0.6) is 0 Å². The molecule has 0 spiro atoms. The summed E-state index contributed by atoms with van der Waals surface area (Å²) in [6.07, 6.45) is -3.26. The minimum atomic E-state index is -1.42. The van der Waals surface area contributed by atoms with Crippen LogP contribution >= 0.6 is 0 Å². The molecule has 1 aromatic heterocycles. The Labute approximate surface area is 143 Å². The highest BCUT2D eigenvalue weighted by Gasteiger charge is 2.44. The molecule has 1 aliphatic rings. The van der Waals surface area contributed by atoms with Crippen molar-refractivity contribution in [3.63, 3.8) is 0 Å². The van der Waals surface area contributed by atoms with Gasteiger partial charge in [0.15, 0.2) is 12.3 Å². The molecule has 1 fully saturated rings. The number of quaternary nitrogens is 1. The number of carbonyl (C=O) groups excluding carboxylic acids is 1. The summed E-state index contributed by atoms with van der Waals surface area (Å²) in [7, 11) is 0. The summed E-state index contributed by atoms with van der Waals surface area (Å²) < 4.78 is 11.5. The molecular weight excluding hydrogens is 334 g/mol. The van der Waals surface area contributed by atoms with E-state index in [0.29, 0.717) is 6.42 Å². The van der Waals surface area contributed by atoms with Gasteiger partial charge >= 0.3 is 11.7 Å². The van der Waals surface area contributed by atoms with E-state index in [1.54, 1.807) is 0 Å². The van der Waals surface area contributed by atoms with Crippen LogP contribution in [0.2, 0.25) is 0 Å². The van der Waals surface area contributed by atoms with Crippen molar-refractivity contribution >= 4 is 5.97 Å². The fraction of sp³-hybridized carbons (Fsp3) is 0.667. The van der Waals surface area contributed by atoms with Gasteiger partial charge in [-0.1, -0.05) is 13.8 Å². The predicted octanol–water partition coefficient (Wildman–Crippen LogP) is -2.64. The van der Waals surface area contributed by atoms with Crippen LogP contribution in [0, 0.1) is 5.92 Å². The van der Waals surface area contributed by atoms with E-state index < -0.39 is 47.8 Å². The molecule has 2 heterocycles. The van der Waals surface area contributed by atoms with Gasteiger partial charge in [0.2, 0.25) is 0 Å². The number of hydrogen-bond donors (Lipinski definition) is 4. The van der Waals surface area contributed by atoms with Crippen molar-refractivity contribution in [2.75, 3.05) is 6.61 Å². The molecule has 10 nitrogen and oxygen atoms in total. The van der Waals surface area contributed by atoms with Gasteiger partial charge in [0.25, 0.3) is 5.56 Å². The number of aliphatic hydroxyl groups excluding tert-OH is 2. The van der Waals surface area contributed by atoms with Crippen LogP contribution in [-0.2, 0) is 14.3 Å². The van der Waals surface area contributed by atoms with E-state index in [-0.39, 0.29) is 12.5 Å². The third-order valence-corrected chi connectivity index (χ3v) is 3.94. The number of aliphatic hydroxyl groups is 2. The third kappa shape index (κ3) is 4.54. The maximum absolute atomic E-state index is 11.9. The molecule has 6 N–H and O–H groups in total. The Morgan fingerprint density at radius 2 is 2.08 bits per heavy atom. The normalized spacial score (nSPS) is 27.4. The second kappa shape index (κ2) is 7.91. The van der Waals surface area contributed by atoms with Crippen LogP contribution in [-0.4, -0.2) is 56.7 Å². The lowest BCUT2D eigenvalue weighted by Crippen LogP contribution is -2.65. The monoisotopic (exact) mass is 358 g/mol. The van der Waals surface area contributed by atoms with Gasteiger partial charge in [-0.05, 0) is 5.92 Å². The quantitative estimate of drug-likeness (QED) is 0.404. The number of hydrogen-bond acceptors (Lipinski definition) is 7. The van der Waals surface area contributed by atoms with Crippen LogP contribution in [0.1, 0.15) is 26.5 Å². The predicted molar refractivity (Wildman–Crippen MR) is 84.3 cm³/mol. The average molecular weight is 358 g/mol. The highest BCUT2D eigenvalue weighted by atomic mass is 16.6. The molecular formula is C15H24N3O7+. The fourth-order valence-corrected chi connectivity index (χ4v) is 2.67. The number of rotatable bonds is 6. The Hall–Kier alpha value is -2.01. The summed E-state index contributed by atoms with van der Waals surface area (Å²) in [5.41, 5.74) is 2.36. The fourth-order valence-electron chi connectivity index (χ4n) is 2.67. The highest BCUT2D eigenvalue weighted by molar-refractivity contribution is 5.73. The Bertz CT molecular complexity index is 714. The van der Waals surface area contributed by atoms with Gasteiger partial charge in [0.1, 0.15) is 24.9 Å². The van der Waals surface area contributed by atoms with Crippen molar-refractivity contribution in [1.29, 1.82) is 0 Å². The maximum atomic E-state index is 11.9. The highest BCUT2D eigenvalue weighted by Crippen LogP contribution is 2.28. The van der Waals surface area contributed by atoms with E-state index in [9.17, 15) is 24.6 Å². The second-order valence-electron chi connectivity index (χ2n) is 6.52. The topological polar surface area (TPSA) is 158 Å². The molecule has 0 unspecified atom stereocenters. The lowest BCUT2D eigenvalue weighted by Gasteiger charge is -2.17. The summed E-state index contributed by atoms with van der Waals surface area (Å²) in [6.45, 7) is 3.63. The van der Waals surface area contributed by atoms with Gasteiger partial charge in [-0.15, -0.1) is 0 Å². The standard InChI is InChI=1S/C15H23N3O7/c1-7(2)5-8(16)14(22)24-6-9-11(20)12(21)13(25-9)18-4-3-10(19)17-15(18)23/h3-4,7-9,11-13,20-21H,5-6,16H2,1-2H3,(H,17,19,23)/p+1/t8-,9+,11+,12+,13+/m0/s1. The van der Waals surface area contributed by atoms with Crippen LogP contribution in [0.15, 0.2) is 21.9 Å². The van der Waals surface area contributed by atoms with Crippen molar-refractivity contribution in [2.45, 2.75) is 50.8 Å². The second-order valence-corrected chi connectivity index (χ2v) is 6.52. The lowest BCUT2D eigenvalue weighted by molar-refractivity contribution is -0.411. The number of nitrogens with zero attached hydrogens (tertiary/aromatic N) is 1. The zero-order valence-electron chi connectivity index (χ0n) is 14.1. The van der Waals surface area contributed by atoms with Gasteiger partial charge in [-0.25, -0.2) is 9.59 Å². The molecule has 0 bridgehead atoms. The molecule has 0 saturated carbocycles. The Kier molecular flexibility index (Phi) is 6.11. The summed E-state index contributed by atoms with van der Waals surface area (Å²) >= 11 is 0. The summed E-state index contributed by atoms with van der Waals surface area (Å²) in [5, 5.41) is 20.2. The third-order valence-electron chi connectivity index (χ3n) is 3.94. The zero-order valence-corrected chi connectivity index (χ0v) is 14.1. The lowest BCUT2D eigenvalue weighted by atomic mass is 10.1. The molecule has 5 atom stereocenters.